The maximum atomic E-state index is 12.4. The summed E-state index contributed by atoms with van der Waals surface area (Å²) in [6.07, 6.45) is 1.07. The Morgan fingerprint density at radius 1 is 0.333 bits per heavy atom. The Bertz CT molecular complexity index is 1780. The Morgan fingerprint density at radius 3 is 0.800 bits per heavy atom. The molecule has 0 atom stereocenters. The molecule has 0 fully saturated rings. The number of ether oxygens (including phenoxy) is 9. The van der Waals surface area contributed by atoms with Crippen molar-refractivity contribution in [2.45, 2.75) is 57.8 Å². The number of esters is 6. The van der Waals surface area contributed by atoms with Crippen molar-refractivity contribution in [3.63, 3.8) is 0 Å². The second-order valence-electron chi connectivity index (χ2n) is 13.1. The minimum Gasteiger partial charge on any atom is -0.438 e. The highest BCUT2D eigenvalue weighted by Gasteiger charge is 2.14. The molecule has 0 aliphatic rings. The van der Waals surface area contributed by atoms with E-state index in [1.54, 1.807) is 36.4 Å². The molecule has 0 bridgehead atoms. The van der Waals surface area contributed by atoms with Crippen molar-refractivity contribution in [2.75, 3.05) is 41.7 Å². The third-order valence-corrected chi connectivity index (χ3v) is 8.49. The maximum Gasteiger partial charge on any atom is 0.311 e. The summed E-state index contributed by atoms with van der Waals surface area (Å²) in [5.74, 6) is -1.83. The van der Waals surface area contributed by atoms with E-state index < -0.39 is 35.8 Å². The van der Waals surface area contributed by atoms with E-state index in [9.17, 15) is 28.8 Å². The summed E-state index contributed by atoms with van der Waals surface area (Å²) < 4.78 is 45.1. The highest BCUT2D eigenvalue weighted by atomic mass is 16.7. The predicted molar refractivity (Wildman–Crippen MR) is 215 cm³/mol. The number of benzene rings is 4. The molecule has 0 saturated heterocycles. The Morgan fingerprint density at radius 2 is 0.567 bits per heavy atom. The van der Waals surface area contributed by atoms with Gasteiger partial charge in [-0.05, 0) is 107 Å². The van der Waals surface area contributed by atoms with E-state index in [4.69, 9.17) is 42.6 Å². The van der Waals surface area contributed by atoms with Crippen molar-refractivity contribution in [1.82, 2.24) is 0 Å². The van der Waals surface area contributed by atoms with E-state index in [-0.39, 0.29) is 78.2 Å². The van der Waals surface area contributed by atoms with Crippen LogP contribution in [0, 0.1) is 0 Å². The van der Waals surface area contributed by atoms with Crippen molar-refractivity contribution in [3.8, 4) is 50.6 Å². The molecule has 0 radical (unpaired) electrons. The maximum absolute atomic E-state index is 12.4. The number of hydrogen-bond donors (Lipinski definition) is 0. The van der Waals surface area contributed by atoms with Crippen LogP contribution in [0.2, 0.25) is 0 Å². The molecule has 4 aromatic rings. The van der Waals surface area contributed by atoms with Crippen LogP contribution in [0.1, 0.15) is 57.8 Å². The van der Waals surface area contributed by atoms with Gasteiger partial charge in [0.1, 0.15) is 17.2 Å². The molecule has 0 aliphatic carbocycles. The quantitative estimate of drug-likeness (QED) is 0.0295. The molecule has 0 aliphatic heterocycles. The standard InChI is InChI=1S/C45H48O15/c1-52-28-55-40(46)7-4-10-43(49)58-37-19-13-31(14-20-37)34-25-35(32-15-21-38(22-16-32)59-44(50)11-5-8-41(47)56-29-53-2)27-36(26-34)33-17-23-39(24-18-33)60-45(51)12-6-9-42(48)57-30-54-3/h13-27H,4-12,28-30H2,1-3H3. The van der Waals surface area contributed by atoms with Gasteiger partial charge >= 0.3 is 35.8 Å². The van der Waals surface area contributed by atoms with Gasteiger partial charge in [-0.15, -0.1) is 0 Å². The lowest BCUT2D eigenvalue weighted by atomic mass is 9.93. The fourth-order valence-electron chi connectivity index (χ4n) is 5.54. The van der Waals surface area contributed by atoms with Crippen LogP contribution in [0.25, 0.3) is 33.4 Å². The molecule has 0 spiro atoms. The topological polar surface area (TPSA) is 185 Å². The van der Waals surface area contributed by atoms with Gasteiger partial charge in [0.05, 0.1) is 0 Å². The van der Waals surface area contributed by atoms with E-state index in [0.717, 1.165) is 33.4 Å². The number of rotatable bonds is 24. The van der Waals surface area contributed by atoms with Gasteiger partial charge in [0, 0.05) is 59.9 Å². The van der Waals surface area contributed by atoms with Crippen molar-refractivity contribution in [3.05, 3.63) is 91.0 Å². The van der Waals surface area contributed by atoms with Crippen molar-refractivity contribution < 1.29 is 71.4 Å². The smallest absolute Gasteiger partial charge is 0.311 e. The summed E-state index contributed by atoms with van der Waals surface area (Å²) in [6, 6.07) is 27.1. The highest BCUT2D eigenvalue weighted by molar-refractivity contribution is 5.83. The summed E-state index contributed by atoms with van der Waals surface area (Å²) in [5.41, 5.74) is 5.00. The van der Waals surface area contributed by atoms with Gasteiger partial charge in [-0.25, -0.2) is 0 Å². The van der Waals surface area contributed by atoms with Crippen LogP contribution in [0.15, 0.2) is 91.0 Å². The second-order valence-corrected chi connectivity index (χ2v) is 13.1. The normalized spacial score (nSPS) is 10.7. The van der Waals surface area contributed by atoms with Gasteiger partial charge < -0.3 is 42.6 Å². The Balaban J connectivity index is 1.48. The van der Waals surface area contributed by atoms with Crippen LogP contribution in [-0.4, -0.2) is 77.5 Å². The van der Waals surface area contributed by atoms with Crippen LogP contribution >= 0.6 is 0 Å². The SMILES string of the molecule is COCOC(=O)CCCC(=O)Oc1ccc(-c2cc(-c3ccc(OC(=O)CCCC(=O)OCOC)cc3)cc(-c3ccc(OC(=O)CCCC(=O)OCOC)cc3)c2)cc1. The fourth-order valence-corrected chi connectivity index (χ4v) is 5.54. The molecule has 15 nitrogen and oxygen atoms in total. The second kappa shape index (κ2) is 25.2. The molecule has 0 amide bonds. The Kier molecular flexibility index (Phi) is 19.4. The number of methoxy groups -OCH3 is 3. The average molecular weight is 829 g/mol. The van der Waals surface area contributed by atoms with Crippen molar-refractivity contribution in [1.29, 1.82) is 0 Å². The summed E-state index contributed by atoms with van der Waals surface area (Å²) in [4.78, 5) is 72.3. The summed E-state index contributed by atoms with van der Waals surface area (Å²) >= 11 is 0. The van der Waals surface area contributed by atoms with Crippen molar-refractivity contribution in [2.24, 2.45) is 0 Å². The molecule has 60 heavy (non-hydrogen) atoms. The van der Waals surface area contributed by atoms with Crippen LogP contribution in [0.4, 0.5) is 0 Å². The summed E-state index contributed by atoms with van der Waals surface area (Å²) in [6.45, 7) is -0.442. The Labute approximate surface area is 347 Å². The van der Waals surface area contributed by atoms with E-state index in [2.05, 4.69) is 0 Å². The molecule has 0 N–H and O–H groups in total. The summed E-state index contributed by atoms with van der Waals surface area (Å²) in [5, 5.41) is 0. The zero-order valence-electron chi connectivity index (χ0n) is 33.8. The zero-order valence-corrected chi connectivity index (χ0v) is 33.8. The van der Waals surface area contributed by atoms with Gasteiger partial charge in [0.2, 0.25) is 0 Å². The molecule has 318 valence electrons. The Hall–Kier alpha value is -6.42. The monoisotopic (exact) mass is 828 g/mol. The first-order valence-electron chi connectivity index (χ1n) is 19.1. The van der Waals surface area contributed by atoms with Crippen LogP contribution < -0.4 is 14.2 Å². The van der Waals surface area contributed by atoms with Crippen molar-refractivity contribution >= 4 is 35.8 Å². The molecule has 0 aromatic heterocycles. The number of carbonyl (C=O) groups is 6. The summed E-state index contributed by atoms with van der Waals surface area (Å²) in [7, 11) is 4.23. The highest BCUT2D eigenvalue weighted by Crippen LogP contribution is 2.35. The van der Waals surface area contributed by atoms with Gasteiger partial charge in [-0.3, -0.25) is 28.8 Å². The minimum absolute atomic E-state index is 0.0305. The molecule has 0 unspecified atom stereocenters. The molecule has 4 aromatic carbocycles. The lowest BCUT2D eigenvalue weighted by molar-refractivity contribution is -0.155. The molecule has 0 saturated carbocycles. The van der Waals surface area contributed by atoms with Gasteiger partial charge in [-0.1, -0.05) is 36.4 Å². The van der Waals surface area contributed by atoms with Crippen LogP contribution in [0.5, 0.6) is 17.2 Å². The van der Waals surface area contributed by atoms with E-state index >= 15 is 0 Å². The van der Waals surface area contributed by atoms with Gasteiger partial charge in [0.15, 0.2) is 20.4 Å². The molecule has 15 heteroatoms. The van der Waals surface area contributed by atoms with Crippen LogP contribution in [0.3, 0.4) is 0 Å². The van der Waals surface area contributed by atoms with E-state index in [1.165, 1.54) is 21.3 Å². The molecular formula is C45H48O15. The van der Waals surface area contributed by atoms with E-state index in [1.807, 2.05) is 54.6 Å². The molecular weight excluding hydrogens is 780 g/mol. The first kappa shape index (κ1) is 46.3. The third kappa shape index (κ3) is 16.4. The largest absolute Gasteiger partial charge is 0.438 e. The van der Waals surface area contributed by atoms with E-state index in [0.29, 0.717) is 17.2 Å². The predicted octanol–water partition coefficient (Wildman–Crippen LogP) is 7.36. The molecule has 0 heterocycles. The molecule has 4 rings (SSSR count). The number of hydrogen-bond acceptors (Lipinski definition) is 15. The zero-order chi connectivity index (χ0) is 43.1. The van der Waals surface area contributed by atoms with Gasteiger partial charge in [-0.2, -0.15) is 0 Å². The minimum atomic E-state index is -0.486. The fraction of sp³-hybridized carbons (Fsp3) is 0.333. The van der Waals surface area contributed by atoms with Gasteiger partial charge in [0.25, 0.3) is 0 Å². The lowest BCUT2D eigenvalue weighted by Crippen LogP contribution is -2.11. The number of carbonyl (C=O) groups excluding carboxylic acids is 6. The third-order valence-electron chi connectivity index (χ3n) is 8.49. The first-order valence-corrected chi connectivity index (χ1v) is 19.1. The average Bonchev–Trinajstić information content (AvgIpc) is 3.24. The first-order chi connectivity index (χ1) is 29.1. The van der Waals surface area contributed by atoms with Crippen LogP contribution in [-0.2, 0) is 57.2 Å². The lowest BCUT2D eigenvalue weighted by Gasteiger charge is -2.13.